The van der Waals surface area contributed by atoms with E-state index in [-0.39, 0.29) is 0 Å². The van der Waals surface area contributed by atoms with Gasteiger partial charge < -0.3 is 4.74 Å². The van der Waals surface area contributed by atoms with Crippen LogP contribution in [0.5, 0.6) is 5.06 Å². The highest BCUT2D eigenvalue weighted by Gasteiger charge is 2.01. The summed E-state index contributed by atoms with van der Waals surface area (Å²) >= 11 is 1.46. The number of carbonyl (C=O) groups is 1. The zero-order valence-corrected chi connectivity index (χ0v) is 8.16. The monoisotopic (exact) mass is 204 g/mol. The van der Waals surface area contributed by atoms with Crippen molar-refractivity contribution >= 4 is 17.8 Å². The van der Waals surface area contributed by atoms with Gasteiger partial charge in [0, 0.05) is 4.88 Å². The Labute approximate surface area is 85.8 Å². The first-order valence-corrected chi connectivity index (χ1v) is 4.97. The molecule has 0 saturated heterocycles. The van der Waals surface area contributed by atoms with Crippen molar-refractivity contribution in [3.63, 3.8) is 0 Å². The minimum Gasteiger partial charge on any atom is -0.418 e. The summed E-state index contributed by atoms with van der Waals surface area (Å²) in [5.74, 6) is 0. The summed E-state index contributed by atoms with van der Waals surface area (Å²) in [6.07, 6.45) is 0. The van der Waals surface area contributed by atoms with E-state index in [1.54, 1.807) is 6.07 Å². The molecule has 0 saturated carbocycles. The maximum absolute atomic E-state index is 10.1. The van der Waals surface area contributed by atoms with Crippen molar-refractivity contribution in [3.8, 4) is 15.5 Å². The molecular formula is C11H8O2S. The number of hydrogen-bond acceptors (Lipinski definition) is 3. The van der Waals surface area contributed by atoms with E-state index >= 15 is 0 Å². The van der Waals surface area contributed by atoms with E-state index in [9.17, 15) is 4.79 Å². The second kappa shape index (κ2) is 4.07. The Kier molecular flexibility index (Phi) is 2.60. The molecule has 0 N–H and O–H groups in total. The number of rotatable bonds is 3. The van der Waals surface area contributed by atoms with Gasteiger partial charge in [-0.1, -0.05) is 41.7 Å². The molecule has 2 aromatic rings. The van der Waals surface area contributed by atoms with Gasteiger partial charge in [-0.2, -0.15) is 0 Å². The molecule has 1 heterocycles. The van der Waals surface area contributed by atoms with Gasteiger partial charge in [0.15, 0.2) is 5.06 Å². The normalized spacial score (nSPS) is 9.71. The molecule has 3 heteroatoms. The van der Waals surface area contributed by atoms with Gasteiger partial charge in [-0.15, -0.1) is 0 Å². The van der Waals surface area contributed by atoms with E-state index in [1.165, 1.54) is 11.3 Å². The van der Waals surface area contributed by atoms with Gasteiger partial charge >= 0.3 is 0 Å². The van der Waals surface area contributed by atoms with Crippen molar-refractivity contribution in [1.29, 1.82) is 0 Å². The molecule has 1 aromatic carbocycles. The maximum Gasteiger partial charge on any atom is 0.299 e. The van der Waals surface area contributed by atoms with Gasteiger partial charge in [-0.3, -0.25) is 4.79 Å². The van der Waals surface area contributed by atoms with Crippen LogP contribution >= 0.6 is 11.3 Å². The Morgan fingerprint density at radius 2 is 1.86 bits per heavy atom. The van der Waals surface area contributed by atoms with Crippen LogP contribution in [0.1, 0.15) is 0 Å². The lowest BCUT2D eigenvalue weighted by atomic mass is 10.2. The number of carbonyl (C=O) groups excluding carboxylic acids is 1. The summed E-state index contributed by atoms with van der Waals surface area (Å²) in [7, 11) is 0. The van der Waals surface area contributed by atoms with Crippen LogP contribution in [0.2, 0.25) is 0 Å². The third-order valence-electron chi connectivity index (χ3n) is 1.80. The van der Waals surface area contributed by atoms with Gasteiger partial charge in [0.05, 0.1) is 0 Å². The van der Waals surface area contributed by atoms with Crippen molar-refractivity contribution in [2.45, 2.75) is 0 Å². The zero-order chi connectivity index (χ0) is 9.80. The summed E-state index contributed by atoms with van der Waals surface area (Å²) in [6, 6.07) is 13.7. The molecule has 0 aliphatic heterocycles. The minimum atomic E-state index is 0.445. The number of thiophene rings is 1. The predicted molar refractivity (Wildman–Crippen MR) is 56.4 cm³/mol. The van der Waals surface area contributed by atoms with Crippen LogP contribution in [0.15, 0.2) is 42.5 Å². The Bertz CT molecular complexity index is 420. The molecule has 0 aliphatic carbocycles. The van der Waals surface area contributed by atoms with E-state index in [1.807, 2.05) is 36.4 Å². The third kappa shape index (κ3) is 1.83. The number of ether oxygens (including phenoxy) is 1. The smallest absolute Gasteiger partial charge is 0.299 e. The van der Waals surface area contributed by atoms with E-state index < -0.39 is 0 Å². The Morgan fingerprint density at radius 3 is 2.57 bits per heavy atom. The van der Waals surface area contributed by atoms with Crippen LogP contribution < -0.4 is 4.74 Å². The lowest BCUT2D eigenvalue weighted by Gasteiger charge is -1.94. The van der Waals surface area contributed by atoms with Crippen LogP contribution in [-0.4, -0.2) is 6.47 Å². The largest absolute Gasteiger partial charge is 0.418 e. The van der Waals surface area contributed by atoms with Gasteiger partial charge in [-0.25, -0.2) is 0 Å². The maximum atomic E-state index is 10.1. The second-order valence-corrected chi connectivity index (χ2v) is 3.75. The van der Waals surface area contributed by atoms with E-state index in [2.05, 4.69) is 0 Å². The van der Waals surface area contributed by atoms with Gasteiger partial charge in [0.25, 0.3) is 6.47 Å². The third-order valence-corrected chi connectivity index (χ3v) is 2.83. The summed E-state index contributed by atoms with van der Waals surface area (Å²) in [5, 5.41) is 0.624. The molecule has 70 valence electrons. The minimum absolute atomic E-state index is 0.445. The Hall–Kier alpha value is -1.61. The molecule has 0 aliphatic rings. The van der Waals surface area contributed by atoms with Crippen molar-refractivity contribution in [2.24, 2.45) is 0 Å². The average Bonchev–Trinajstić information content (AvgIpc) is 2.68. The molecule has 1 aromatic heterocycles. The first-order chi connectivity index (χ1) is 6.90. The van der Waals surface area contributed by atoms with Crippen LogP contribution in [0, 0.1) is 0 Å². The molecule has 2 nitrogen and oxygen atoms in total. The highest BCUT2D eigenvalue weighted by Crippen LogP contribution is 2.32. The van der Waals surface area contributed by atoms with Crippen molar-refractivity contribution in [1.82, 2.24) is 0 Å². The van der Waals surface area contributed by atoms with Gasteiger partial charge in [0.2, 0.25) is 0 Å². The van der Waals surface area contributed by atoms with E-state index in [4.69, 9.17) is 4.74 Å². The fourth-order valence-electron chi connectivity index (χ4n) is 1.19. The zero-order valence-electron chi connectivity index (χ0n) is 7.34. The molecule has 0 spiro atoms. The van der Waals surface area contributed by atoms with E-state index in [0.29, 0.717) is 11.5 Å². The van der Waals surface area contributed by atoms with Crippen LogP contribution in [0.3, 0.4) is 0 Å². The standard InChI is InChI=1S/C11H8O2S/c12-8-13-11-7-6-10(14-11)9-4-2-1-3-5-9/h1-8H. The van der Waals surface area contributed by atoms with E-state index in [0.717, 1.165) is 10.4 Å². The first-order valence-electron chi connectivity index (χ1n) is 4.16. The number of benzene rings is 1. The highest BCUT2D eigenvalue weighted by molar-refractivity contribution is 7.17. The molecule has 0 radical (unpaired) electrons. The molecule has 2 rings (SSSR count). The van der Waals surface area contributed by atoms with Gasteiger partial charge in [0.1, 0.15) is 0 Å². The Morgan fingerprint density at radius 1 is 1.07 bits per heavy atom. The quantitative estimate of drug-likeness (QED) is 0.718. The summed E-state index contributed by atoms with van der Waals surface area (Å²) in [6.45, 7) is 0.445. The molecule has 0 fully saturated rings. The summed E-state index contributed by atoms with van der Waals surface area (Å²) < 4.78 is 4.75. The summed E-state index contributed by atoms with van der Waals surface area (Å²) in [4.78, 5) is 11.2. The lowest BCUT2D eigenvalue weighted by molar-refractivity contribution is -0.120. The summed E-state index contributed by atoms with van der Waals surface area (Å²) in [5.41, 5.74) is 1.14. The van der Waals surface area contributed by atoms with Crippen molar-refractivity contribution < 1.29 is 9.53 Å². The fraction of sp³-hybridized carbons (Fsp3) is 0. The molecular weight excluding hydrogens is 196 g/mol. The fourth-order valence-corrected chi connectivity index (χ4v) is 2.02. The highest BCUT2D eigenvalue weighted by atomic mass is 32.1. The topological polar surface area (TPSA) is 26.3 Å². The van der Waals surface area contributed by atoms with Crippen LogP contribution in [0.25, 0.3) is 10.4 Å². The van der Waals surface area contributed by atoms with Gasteiger partial charge in [-0.05, 0) is 17.7 Å². The van der Waals surface area contributed by atoms with Crippen LogP contribution in [0.4, 0.5) is 0 Å². The molecule has 0 amide bonds. The van der Waals surface area contributed by atoms with Crippen molar-refractivity contribution in [3.05, 3.63) is 42.5 Å². The average molecular weight is 204 g/mol. The molecule has 0 atom stereocenters. The Balaban J connectivity index is 2.29. The van der Waals surface area contributed by atoms with Crippen molar-refractivity contribution in [2.75, 3.05) is 0 Å². The molecule has 0 bridgehead atoms. The van der Waals surface area contributed by atoms with Crippen LogP contribution in [-0.2, 0) is 4.79 Å². The predicted octanol–water partition coefficient (Wildman–Crippen LogP) is 2.95. The number of hydrogen-bond donors (Lipinski definition) is 0. The molecule has 14 heavy (non-hydrogen) atoms. The molecule has 0 unspecified atom stereocenters. The lowest BCUT2D eigenvalue weighted by Crippen LogP contribution is -1.82. The first kappa shape index (κ1) is 8.97. The second-order valence-electron chi connectivity index (χ2n) is 2.70. The SMILES string of the molecule is O=COc1ccc(-c2ccccc2)s1.